The number of halogens is 2. The Morgan fingerprint density at radius 2 is 1.73 bits per heavy atom. The molecule has 0 atom stereocenters. The predicted octanol–water partition coefficient (Wildman–Crippen LogP) is 3.58. The maximum absolute atomic E-state index is 5.50. The molecule has 0 saturated carbocycles. The van der Waals surface area contributed by atoms with Crippen molar-refractivity contribution >= 4 is 39.0 Å². The summed E-state index contributed by atoms with van der Waals surface area (Å²) >= 11 is 6.65. The van der Waals surface area contributed by atoms with Gasteiger partial charge in [0.15, 0.2) is 0 Å². The molecule has 88 valence electrons. The van der Waals surface area contributed by atoms with E-state index in [0.29, 0.717) is 13.2 Å². The Morgan fingerprint density at radius 1 is 1.13 bits per heavy atom. The van der Waals surface area contributed by atoms with E-state index >= 15 is 0 Å². The molecular weight excluding hydrogens is 323 g/mol. The van der Waals surface area contributed by atoms with Gasteiger partial charge in [-0.1, -0.05) is 63.7 Å². The van der Waals surface area contributed by atoms with Crippen LogP contribution in [0.25, 0.3) is 0 Å². The number of rotatable bonds is 10. The van der Waals surface area contributed by atoms with Gasteiger partial charge in [0.1, 0.15) is 0 Å². The molecule has 0 radical (unpaired) electrons. The highest BCUT2D eigenvalue weighted by Crippen LogP contribution is 1.99. The van der Waals surface area contributed by atoms with Gasteiger partial charge < -0.3 is 9.31 Å². The van der Waals surface area contributed by atoms with Gasteiger partial charge in [0.05, 0.1) is 0 Å². The normalized spacial score (nSPS) is 11.1. The van der Waals surface area contributed by atoms with Gasteiger partial charge >= 0.3 is 7.12 Å². The molecule has 0 aromatic heterocycles. The van der Waals surface area contributed by atoms with Crippen molar-refractivity contribution in [2.75, 3.05) is 23.9 Å². The van der Waals surface area contributed by atoms with Crippen LogP contribution < -0.4 is 0 Å². The first kappa shape index (κ1) is 15.7. The van der Waals surface area contributed by atoms with Crippen LogP contribution in [-0.2, 0) is 9.31 Å². The first-order valence-electron chi connectivity index (χ1n) is 5.37. The predicted molar refractivity (Wildman–Crippen MR) is 73.9 cm³/mol. The number of alkyl halides is 2. The topological polar surface area (TPSA) is 18.5 Å². The van der Waals surface area contributed by atoms with Crippen molar-refractivity contribution in [3.05, 3.63) is 12.1 Å². The Labute approximate surface area is 110 Å². The number of hydrogen-bond donors (Lipinski definition) is 0. The molecule has 0 rings (SSSR count). The Bertz CT molecular complexity index is 148. The van der Waals surface area contributed by atoms with Gasteiger partial charge in [-0.25, -0.2) is 0 Å². The van der Waals surface area contributed by atoms with E-state index < -0.39 is 0 Å². The molecule has 0 fully saturated rings. The lowest BCUT2D eigenvalue weighted by molar-refractivity contribution is 0.228. The third-order valence-corrected chi connectivity index (χ3v) is 2.38. The van der Waals surface area contributed by atoms with Crippen molar-refractivity contribution in [3.8, 4) is 0 Å². The lowest BCUT2D eigenvalue weighted by Gasteiger charge is -2.09. The zero-order valence-electron chi connectivity index (χ0n) is 9.25. The lowest BCUT2D eigenvalue weighted by atomic mass is 9.89. The second-order valence-electron chi connectivity index (χ2n) is 3.06. The maximum atomic E-state index is 5.50. The molecule has 2 nitrogen and oxygen atoms in total. The summed E-state index contributed by atoms with van der Waals surface area (Å²) in [4.78, 5) is 0. The molecular formula is C10H19BBr2O2. The molecule has 0 aliphatic heterocycles. The van der Waals surface area contributed by atoms with Crippen LogP contribution in [0.4, 0.5) is 0 Å². The zero-order valence-corrected chi connectivity index (χ0v) is 12.4. The molecule has 0 aromatic rings. The van der Waals surface area contributed by atoms with Crippen molar-refractivity contribution < 1.29 is 9.31 Å². The monoisotopic (exact) mass is 340 g/mol. The molecule has 0 unspecified atom stereocenters. The van der Waals surface area contributed by atoms with Gasteiger partial charge in [0.25, 0.3) is 0 Å². The average Bonchev–Trinajstić information content (AvgIpc) is 2.27. The lowest BCUT2D eigenvalue weighted by Crippen LogP contribution is -2.22. The minimum Gasteiger partial charge on any atom is -0.407 e. The largest absolute Gasteiger partial charge is 0.485 e. The molecule has 0 N–H and O–H groups in total. The van der Waals surface area contributed by atoms with E-state index in [1.54, 1.807) is 0 Å². The van der Waals surface area contributed by atoms with Gasteiger partial charge in [-0.15, -0.1) is 0 Å². The van der Waals surface area contributed by atoms with Crippen LogP contribution in [0.3, 0.4) is 0 Å². The van der Waals surface area contributed by atoms with Crippen molar-refractivity contribution in [1.29, 1.82) is 0 Å². The molecule has 0 saturated heterocycles. The van der Waals surface area contributed by atoms with E-state index in [-0.39, 0.29) is 7.12 Å². The number of hydrogen-bond acceptors (Lipinski definition) is 2. The fraction of sp³-hybridized carbons (Fsp3) is 0.800. The second-order valence-corrected chi connectivity index (χ2v) is 4.64. The fourth-order valence-electron chi connectivity index (χ4n) is 1.01. The molecule has 0 bridgehead atoms. The van der Waals surface area contributed by atoms with Crippen LogP contribution in [0.5, 0.6) is 0 Å². The molecule has 0 amide bonds. The molecule has 0 aliphatic rings. The van der Waals surface area contributed by atoms with Crippen LogP contribution in [0.1, 0.15) is 26.2 Å². The third kappa shape index (κ3) is 11.0. The number of unbranched alkanes of at least 4 members (excludes halogenated alkanes) is 2. The van der Waals surface area contributed by atoms with Crippen LogP contribution in [0.15, 0.2) is 12.1 Å². The van der Waals surface area contributed by atoms with Crippen LogP contribution >= 0.6 is 31.9 Å². The zero-order chi connectivity index (χ0) is 11.4. The smallest absolute Gasteiger partial charge is 0.407 e. The average molecular weight is 342 g/mol. The Hall–Kier alpha value is 0.685. The fourth-order valence-corrected chi connectivity index (χ4v) is 1.38. The van der Waals surface area contributed by atoms with Gasteiger partial charge in [-0.3, -0.25) is 0 Å². The Morgan fingerprint density at radius 3 is 2.20 bits per heavy atom. The highest BCUT2D eigenvalue weighted by Gasteiger charge is 2.12. The van der Waals surface area contributed by atoms with Crippen LogP contribution in [-0.4, -0.2) is 31.0 Å². The summed E-state index contributed by atoms with van der Waals surface area (Å²) in [6, 6.07) is 0. The van der Waals surface area contributed by atoms with Gasteiger partial charge in [0, 0.05) is 23.9 Å². The van der Waals surface area contributed by atoms with Crippen LogP contribution in [0, 0.1) is 0 Å². The molecule has 0 aromatic carbocycles. The number of allylic oxidation sites excluding steroid dienone is 1. The quantitative estimate of drug-likeness (QED) is 0.343. The standard InChI is InChI=1S/C10H19BBr2O2/c1-2-3-4-5-6-11(14-9-7-12)15-10-8-13/h5-6H,2-4,7-10H2,1H3/b6-5+. The van der Waals surface area contributed by atoms with E-state index in [2.05, 4.69) is 44.9 Å². The van der Waals surface area contributed by atoms with Crippen molar-refractivity contribution in [2.24, 2.45) is 0 Å². The first-order chi connectivity index (χ1) is 7.35. The Balaban J connectivity index is 3.71. The van der Waals surface area contributed by atoms with Crippen molar-refractivity contribution in [2.45, 2.75) is 26.2 Å². The van der Waals surface area contributed by atoms with E-state index in [0.717, 1.165) is 17.1 Å². The molecule has 0 aliphatic carbocycles. The van der Waals surface area contributed by atoms with Crippen LogP contribution in [0.2, 0.25) is 0 Å². The maximum Gasteiger partial charge on any atom is 0.485 e. The summed E-state index contributed by atoms with van der Waals surface area (Å²) in [6.45, 7) is 3.53. The van der Waals surface area contributed by atoms with Gasteiger partial charge in [-0.2, -0.15) is 0 Å². The van der Waals surface area contributed by atoms with E-state index in [1.165, 1.54) is 12.8 Å². The highest BCUT2D eigenvalue weighted by molar-refractivity contribution is 9.09. The minimum absolute atomic E-state index is 0.197. The summed E-state index contributed by atoms with van der Waals surface area (Å²) in [6.07, 6.45) is 5.68. The van der Waals surface area contributed by atoms with Gasteiger partial charge in [0.2, 0.25) is 0 Å². The molecule has 5 heteroatoms. The summed E-state index contributed by atoms with van der Waals surface area (Å²) in [5.41, 5.74) is 0. The SMILES string of the molecule is CCCC/C=C/B(OCCBr)OCCBr. The summed E-state index contributed by atoms with van der Waals surface area (Å²) in [7, 11) is -0.197. The summed E-state index contributed by atoms with van der Waals surface area (Å²) in [5, 5.41) is 1.67. The van der Waals surface area contributed by atoms with Crippen molar-refractivity contribution in [1.82, 2.24) is 0 Å². The summed E-state index contributed by atoms with van der Waals surface area (Å²) in [5.74, 6) is 2.00. The van der Waals surface area contributed by atoms with E-state index in [4.69, 9.17) is 9.31 Å². The summed E-state index contributed by atoms with van der Waals surface area (Å²) < 4.78 is 11.0. The van der Waals surface area contributed by atoms with Gasteiger partial charge in [-0.05, 0) is 6.42 Å². The molecule has 0 heterocycles. The third-order valence-electron chi connectivity index (χ3n) is 1.74. The van der Waals surface area contributed by atoms with E-state index in [1.807, 2.05) is 5.98 Å². The minimum atomic E-state index is -0.197. The molecule has 0 spiro atoms. The van der Waals surface area contributed by atoms with E-state index in [9.17, 15) is 0 Å². The molecule has 15 heavy (non-hydrogen) atoms. The first-order valence-corrected chi connectivity index (χ1v) is 7.61. The second kappa shape index (κ2) is 12.8. The highest BCUT2D eigenvalue weighted by atomic mass is 79.9. The Kier molecular flexibility index (Phi) is 13.3. The van der Waals surface area contributed by atoms with Crippen molar-refractivity contribution in [3.63, 3.8) is 0 Å².